The van der Waals surface area contributed by atoms with Crippen molar-refractivity contribution in [3.8, 4) is 5.75 Å². The zero-order valence-electron chi connectivity index (χ0n) is 12.9. The lowest BCUT2D eigenvalue weighted by molar-refractivity contribution is 0.102. The van der Waals surface area contributed by atoms with Gasteiger partial charge in [0.25, 0.3) is 5.91 Å². The lowest BCUT2D eigenvalue weighted by atomic mass is 10.1. The fourth-order valence-corrected chi connectivity index (χ4v) is 3.07. The predicted molar refractivity (Wildman–Crippen MR) is 87.2 cm³/mol. The van der Waals surface area contributed by atoms with Crippen molar-refractivity contribution in [2.75, 3.05) is 18.7 Å². The fourth-order valence-electron chi connectivity index (χ4n) is 1.98. The molecule has 8 nitrogen and oxygen atoms in total. The molecule has 1 N–H and O–H groups in total. The lowest BCUT2D eigenvalue weighted by Gasteiger charge is -2.13. The Morgan fingerprint density at radius 1 is 1.48 bits per heavy atom. The number of carbonyl (C=O) groups excluding carboxylic acids is 1. The van der Waals surface area contributed by atoms with E-state index in [2.05, 4.69) is 20.8 Å². The summed E-state index contributed by atoms with van der Waals surface area (Å²) < 4.78 is 18.2. The summed E-state index contributed by atoms with van der Waals surface area (Å²) in [4.78, 5) is 12.4. The SMILES string of the molecule is CCn1nnnc1NC(=O)c1ccc(OC)c(CS(C)=O)c1Cl. The van der Waals surface area contributed by atoms with Crippen LogP contribution < -0.4 is 10.1 Å². The third kappa shape index (κ3) is 3.85. The van der Waals surface area contributed by atoms with Crippen LogP contribution in [0.1, 0.15) is 22.8 Å². The molecule has 1 aromatic carbocycles. The Morgan fingerprint density at radius 2 is 2.22 bits per heavy atom. The van der Waals surface area contributed by atoms with E-state index in [1.807, 2.05) is 6.92 Å². The van der Waals surface area contributed by atoms with Gasteiger partial charge in [0.05, 0.1) is 23.4 Å². The number of halogens is 1. The molecule has 1 amide bonds. The number of tetrazole rings is 1. The lowest BCUT2D eigenvalue weighted by Crippen LogP contribution is -2.17. The maximum absolute atomic E-state index is 12.4. The molecule has 0 radical (unpaired) electrons. The number of aromatic nitrogens is 4. The molecule has 0 aliphatic carbocycles. The van der Waals surface area contributed by atoms with Gasteiger partial charge in [-0.2, -0.15) is 0 Å². The smallest absolute Gasteiger partial charge is 0.259 e. The van der Waals surface area contributed by atoms with Crippen LogP contribution in [-0.2, 0) is 23.1 Å². The van der Waals surface area contributed by atoms with E-state index >= 15 is 0 Å². The molecule has 1 unspecified atom stereocenters. The van der Waals surface area contributed by atoms with Gasteiger partial charge in [-0.1, -0.05) is 16.7 Å². The molecule has 0 bridgehead atoms. The van der Waals surface area contributed by atoms with Crippen molar-refractivity contribution in [2.45, 2.75) is 19.2 Å². The number of rotatable bonds is 6. The summed E-state index contributed by atoms with van der Waals surface area (Å²) in [5.41, 5.74) is 0.760. The van der Waals surface area contributed by atoms with E-state index in [-0.39, 0.29) is 22.3 Å². The highest BCUT2D eigenvalue weighted by Crippen LogP contribution is 2.31. The number of nitrogens with one attached hydrogen (secondary N) is 1. The minimum absolute atomic E-state index is 0.190. The summed E-state index contributed by atoms with van der Waals surface area (Å²) in [6.07, 6.45) is 1.55. The van der Waals surface area contributed by atoms with Crippen molar-refractivity contribution in [3.05, 3.63) is 28.3 Å². The minimum Gasteiger partial charge on any atom is -0.496 e. The summed E-state index contributed by atoms with van der Waals surface area (Å²) in [5, 5.41) is 13.8. The molecule has 10 heteroatoms. The molecular weight excluding hydrogens is 342 g/mol. The van der Waals surface area contributed by atoms with Crippen molar-refractivity contribution >= 4 is 34.3 Å². The summed E-state index contributed by atoms with van der Waals surface area (Å²) >= 11 is 6.31. The average molecular weight is 358 g/mol. The molecule has 124 valence electrons. The van der Waals surface area contributed by atoms with Crippen LogP contribution >= 0.6 is 11.6 Å². The standard InChI is InChI=1S/C13H16ClN5O3S/c1-4-19-13(16-17-18-19)15-12(20)8-5-6-10(22-2)9(11(8)14)7-23(3)21/h5-6H,4,7H2,1-3H3,(H,15,16,18,20). The third-order valence-electron chi connectivity index (χ3n) is 3.07. The summed E-state index contributed by atoms with van der Waals surface area (Å²) in [6, 6.07) is 3.16. The Labute approximate surface area is 140 Å². The van der Waals surface area contributed by atoms with Crippen LogP contribution in [-0.4, -0.2) is 43.7 Å². The number of benzene rings is 1. The normalized spacial score (nSPS) is 12.0. The van der Waals surface area contributed by atoms with Gasteiger partial charge in [-0.05, 0) is 29.5 Å². The first-order valence-electron chi connectivity index (χ1n) is 6.70. The van der Waals surface area contributed by atoms with E-state index in [1.54, 1.807) is 18.4 Å². The molecule has 0 spiro atoms. The Balaban J connectivity index is 2.35. The molecular formula is C13H16ClN5O3S. The van der Waals surface area contributed by atoms with Gasteiger partial charge < -0.3 is 4.74 Å². The molecule has 2 rings (SSSR count). The second-order valence-corrected chi connectivity index (χ2v) is 6.41. The van der Waals surface area contributed by atoms with Gasteiger partial charge in [-0.15, -0.1) is 0 Å². The number of anilines is 1. The molecule has 23 heavy (non-hydrogen) atoms. The van der Waals surface area contributed by atoms with Gasteiger partial charge in [0, 0.05) is 29.2 Å². The van der Waals surface area contributed by atoms with E-state index in [0.717, 1.165) is 0 Å². The molecule has 0 saturated carbocycles. The maximum Gasteiger partial charge on any atom is 0.259 e. The van der Waals surface area contributed by atoms with Crippen LogP contribution in [0, 0.1) is 0 Å². The van der Waals surface area contributed by atoms with Crippen molar-refractivity contribution in [1.29, 1.82) is 0 Å². The molecule has 0 aliphatic heterocycles. The average Bonchev–Trinajstić information content (AvgIpc) is 2.95. The van der Waals surface area contributed by atoms with Crippen LogP contribution in [0.3, 0.4) is 0 Å². The highest BCUT2D eigenvalue weighted by molar-refractivity contribution is 7.83. The second-order valence-electron chi connectivity index (χ2n) is 4.60. The molecule has 0 saturated heterocycles. The Morgan fingerprint density at radius 3 is 2.83 bits per heavy atom. The van der Waals surface area contributed by atoms with E-state index in [4.69, 9.17) is 16.3 Å². The van der Waals surface area contributed by atoms with Crippen LogP contribution in [0.5, 0.6) is 5.75 Å². The Bertz CT molecular complexity index is 749. The molecule has 1 heterocycles. The number of amides is 1. The number of hydrogen-bond donors (Lipinski definition) is 1. The number of carbonyl (C=O) groups is 1. The summed E-state index contributed by atoms with van der Waals surface area (Å²) in [7, 11) is 0.360. The first-order valence-corrected chi connectivity index (χ1v) is 8.81. The quantitative estimate of drug-likeness (QED) is 0.840. The second kappa shape index (κ2) is 7.51. The minimum atomic E-state index is -1.13. The highest BCUT2D eigenvalue weighted by Gasteiger charge is 2.20. The molecule has 1 atom stereocenters. The summed E-state index contributed by atoms with van der Waals surface area (Å²) in [5.74, 6) is 0.450. The van der Waals surface area contributed by atoms with Crippen LogP contribution in [0.4, 0.5) is 5.95 Å². The van der Waals surface area contributed by atoms with Gasteiger partial charge >= 0.3 is 0 Å². The zero-order chi connectivity index (χ0) is 17.0. The Kier molecular flexibility index (Phi) is 5.67. The van der Waals surface area contributed by atoms with Crippen LogP contribution in [0.2, 0.25) is 5.02 Å². The van der Waals surface area contributed by atoms with Crippen molar-refractivity contribution < 1.29 is 13.7 Å². The Hall–Kier alpha value is -2.00. The third-order valence-corrected chi connectivity index (χ3v) is 4.20. The molecule has 2 aromatic rings. The molecule has 0 fully saturated rings. The molecule has 1 aromatic heterocycles. The van der Waals surface area contributed by atoms with Crippen LogP contribution in [0.15, 0.2) is 12.1 Å². The highest BCUT2D eigenvalue weighted by atomic mass is 35.5. The van der Waals surface area contributed by atoms with Crippen LogP contribution in [0.25, 0.3) is 0 Å². The maximum atomic E-state index is 12.4. The zero-order valence-corrected chi connectivity index (χ0v) is 14.4. The van der Waals surface area contributed by atoms with Crippen molar-refractivity contribution in [1.82, 2.24) is 20.2 Å². The van der Waals surface area contributed by atoms with Gasteiger partial charge in [0.1, 0.15) is 5.75 Å². The van der Waals surface area contributed by atoms with E-state index in [1.165, 1.54) is 11.8 Å². The predicted octanol–water partition coefficient (Wildman–Crippen LogP) is 1.49. The first-order chi connectivity index (χ1) is 11.0. The van der Waals surface area contributed by atoms with E-state index < -0.39 is 16.7 Å². The number of ether oxygens (including phenoxy) is 1. The van der Waals surface area contributed by atoms with Crippen molar-refractivity contribution in [3.63, 3.8) is 0 Å². The number of methoxy groups -OCH3 is 1. The monoisotopic (exact) mass is 357 g/mol. The van der Waals surface area contributed by atoms with E-state index in [9.17, 15) is 9.00 Å². The largest absolute Gasteiger partial charge is 0.496 e. The molecule has 0 aliphatic rings. The van der Waals surface area contributed by atoms with Gasteiger partial charge in [-0.3, -0.25) is 14.3 Å². The van der Waals surface area contributed by atoms with Gasteiger partial charge in [0.15, 0.2) is 0 Å². The summed E-state index contributed by atoms with van der Waals surface area (Å²) in [6.45, 7) is 2.36. The topological polar surface area (TPSA) is 99.0 Å². The van der Waals surface area contributed by atoms with E-state index in [0.29, 0.717) is 17.9 Å². The van der Waals surface area contributed by atoms with Gasteiger partial charge in [0.2, 0.25) is 5.95 Å². The first kappa shape index (κ1) is 17.4. The van der Waals surface area contributed by atoms with Crippen molar-refractivity contribution in [2.24, 2.45) is 0 Å². The number of aryl methyl sites for hydroxylation is 1. The van der Waals surface area contributed by atoms with Gasteiger partial charge in [-0.25, -0.2) is 4.68 Å². The number of hydrogen-bond acceptors (Lipinski definition) is 6. The number of nitrogens with zero attached hydrogens (tertiary/aromatic N) is 4. The fraction of sp³-hybridized carbons (Fsp3) is 0.385.